The number of esters is 1. The summed E-state index contributed by atoms with van der Waals surface area (Å²) in [7, 11) is 0. The predicted molar refractivity (Wildman–Crippen MR) is 99.0 cm³/mol. The van der Waals surface area contributed by atoms with Gasteiger partial charge in [0.1, 0.15) is 6.61 Å². The maximum absolute atomic E-state index is 12.6. The third-order valence-electron chi connectivity index (χ3n) is 3.98. The van der Waals surface area contributed by atoms with E-state index in [1.807, 2.05) is 0 Å². The standard InChI is InChI=1S/C16H15N3O6S2/c1-8(14(17)21)26-16-13(18-11(20)6-12(18)27-16)15(22)25-7-9-2-4-10(5-3-9)19(23)24/h2-5,8,12H,6-7H2,1H3,(H2,17,21)/t8?,12-/m1/s1. The van der Waals surface area contributed by atoms with Crippen molar-refractivity contribution < 1.29 is 24.0 Å². The predicted octanol–water partition coefficient (Wildman–Crippen LogP) is 1.72. The van der Waals surface area contributed by atoms with E-state index in [2.05, 4.69) is 0 Å². The summed E-state index contributed by atoms with van der Waals surface area (Å²) >= 11 is 2.46. The van der Waals surface area contributed by atoms with Crippen LogP contribution in [0.15, 0.2) is 34.2 Å². The first kappa shape index (κ1) is 19.2. The second-order valence-corrected chi connectivity index (χ2v) is 8.64. The van der Waals surface area contributed by atoms with E-state index in [4.69, 9.17) is 10.5 Å². The number of fused-ring (bicyclic) bond motifs is 1. The molecule has 1 aromatic rings. The number of β-lactam (4-membered cyclic amide) rings is 1. The Kier molecular flexibility index (Phi) is 5.42. The topological polar surface area (TPSA) is 133 Å². The number of amides is 2. The highest BCUT2D eigenvalue weighted by molar-refractivity contribution is 8.23. The van der Waals surface area contributed by atoms with Gasteiger partial charge in [0.05, 0.1) is 26.2 Å². The molecule has 3 rings (SSSR count). The van der Waals surface area contributed by atoms with Gasteiger partial charge in [-0.1, -0.05) is 11.8 Å². The minimum atomic E-state index is -0.685. The monoisotopic (exact) mass is 409 g/mol. The number of primary amides is 1. The van der Waals surface area contributed by atoms with Gasteiger partial charge in [-0.05, 0) is 24.6 Å². The van der Waals surface area contributed by atoms with Crippen molar-refractivity contribution >= 4 is 47.0 Å². The molecule has 9 nitrogen and oxygen atoms in total. The van der Waals surface area contributed by atoms with Crippen LogP contribution in [0.25, 0.3) is 0 Å². The van der Waals surface area contributed by atoms with Gasteiger partial charge in [0.25, 0.3) is 5.69 Å². The van der Waals surface area contributed by atoms with E-state index in [9.17, 15) is 24.5 Å². The molecule has 0 aliphatic carbocycles. The highest BCUT2D eigenvalue weighted by Gasteiger charge is 2.49. The Morgan fingerprint density at radius 3 is 2.67 bits per heavy atom. The molecule has 1 saturated heterocycles. The molecular formula is C16H15N3O6S2. The molecule has 2 aliphatic rings. The van der Waals surface area contributed by atoms with Crippen molar-refractivity contribution in [3.8, 4) is 0 Å². The first-order chi connectivity index (χ1) is 12.8. The van der Waals surface area contributed by atoms with Crippen LogP contribution in [0.1, 0.15) is 18.9 Å². The van der Waals surface area contributed by atoms with E-state index in [0.29, 0.717) is 16.2 Å². The summed E-state index contributed by atoms with van der Waals surface area (Å²) in [6, 6.07) is 5.62. The summed E-state index contributed by atoms with van der Waals surface area (Å²) in [6.07, 6.45) is 0.318. The van der Waals surface area contributed by atoms with Crippen molar-refractivity contribution in [2.24, 2.45) is 5.73 Å². The molecule has 1 fully saturated rings. The molecule has 2 atom stereocenters. The second-order valence-electron chi connectivity index (χ2n) is 5.84. The molecule has 142 valence electrons. The molecule has 0 saturated carbocycles. The van der Waals surface area contributed by atoms with Crippen LogP contribution < -0.4 is 5.73 Å². The molecule has 0 aromatic heterocycles. The lowest BCUT2D eigenvalue weighted by atomic mass is 10.2. The van der Waals surface area contributed by atoms with Crippen LogP contribution >= 0.6 is 23.5 Å². The van der Waals surface area contributed by atoms with E-state index in [1.54, 1.807) is 6.92 Å². The molecule has 2 aliphatic heterocycles. The number of carbonyl (C=O) groups is 3. The summed E-state index contributed by atoms with van der Waals surface area (Å²) in [6.45, 7) is 1.53. The Morgan fingerprint density at radius 1 is 1.44 bits per heavy atom. The van der Waals surface area contributed by atoms with Crippen LogP contribution in [-0.4, -0.2) is 38.2 Å². The van der Waals surface area contributed by atoms with Crippen LogP contribution in [-0.2, 0) is 25.7 Å². The lowest BCUT2D eigenvalue weighted by Gasteiger charge is -2.34. The van der Waals surface area contributed by atoms with Gasteiger partial charge >= 0.3 is 5.97 Å². The number of thioether (sulfide) groups is 2. The fraction of sp³-hybridized carbons (Fsp3) is 0.312. The smallest absolute Gasteiger partial charge is 0.357 e. The van der Waals surface area contributed by atoms with Crippen molar-refractivity contribution in [3.63, 3.8) is 0 Å². The Balaban J connectivity index is 1.72. The number of nitro groups is 1. The molecular weight excluding hydrogens is 394 g/mol. The van der Waals surface area contributed by atoms with Gasteiger partial charge in [0.15, 0.2) is 5.70 Å². The summed E-state index contributed by atoms with van der Waals surface area (Å²) in [5, 5.41) is 9.95. The number of hydrogen-bond donors (Lipinski definition) is 1. The molecule has 0 spiro atoms. The number of benzene rings is 1. The van der Waals surface area contributed by atoms with Gasteiger partial charge in [-0.2, -0.15) is 0 Å². The van der Waals surface area contributed by atoms with Crippen molar-refractivity contribution in [3.05, 3.63) is 49.9 Å². The highest BCUT2D eigenvalue weighted by atomic mass is 32.2. The lowest BCUT2D eigenvalue weighted by Crippen LogP contribution is -2.48. The van der Waals surface area contributed by atoms with E-state index < -0.39 is 22.0 Å². The number of carbonyl (C=O) groups excluding carboxylic acids is 3. The zero-order valence-corrected chi connectivity index (χ0v) is 15.7. The van der Waals surface area contributed by atoms with Gasteiger partial charge in [0.2, 0.25) is 11.8 Å². The number of ether oxygens (including phenoxy) is 1. The van der Waals surface area contributed by atoms with E-state index in [1.165, 1.54) is 40.9 Å². The zero-order chi connectivity index (χ0) is 19.7. The van der Waals surface area contributed by atoms with Crippen LogP contribution in [0.5, 0.6) is 0 Å². The Labute approximate surface area is 162 Å². The average molecular weight is 409 g/mol. The number of rotatable bonds is 7. The Hall–Kier alpha value is -2.53. The molecule has 2 N–H and O–H groups in total. The van der Waals surface area contributed by atoms with Gasteiger partial charge in [-0.15, -0.1) is 11.8 Å². The largest absolute Gasteiger partial charge is 0.456 e. The van der Waals surface area contributed by atoms with E-state index in [-0.39, 0.29) is 29.3 Å². The van der Waals surface area contributed by atoms with Gasteiger partial charge in [-0.3, -0.25) is 24.6 Å². The molecule has 2 heterocycles. The van der Waals surface area contributed by atoms with Gasteiger partial charge in [-0.25, -0.2) is 4.79 Å². The third kappa shape index (κ3) is 3.93. The molecule has 0 bridgehead atoms. The zero-order valence-electron chi connectivity index (χ0n) is 14.1. The number of hydrogen-bond acceptors (Lipinski definition) is 8. The van der Waals surface area contributed by atoms with Crippen molar-refractivity contribution in [2.45, 2.75) is 30.6 Å². The fourth-order valence-corrected chi connectivity index (χ4v) is 5.26. The average Bonchev–Trinajstić information content (AvgIpc) is 2.91. The summed E-state index contributed by atoms with van der Waals surface area (Å²) in [5.74, 6) is -1.39. The summed E-state index contributed by atoms with van der Waals surface area (Å²) < 4.78 is 5.82. The van der Waals surface area contributed by atoms with Crippen molar-refractivity contribution in [1.29, 1.82) is 0 Å². The summed E-state index contributed by atoms with van der Waals surface area (Å²) in [5.41, 5.74) is 5.92. The molecule has 1 unspecified atom stereocenters. The van der Waals surface area contributed by atoms with Crippen molar-refractivity contribution in [2.75, 3.05) is 0 Å². The number of nitro benzene ring substituents is 1. The van der Waals surface area contributed by atoms with Crippen molar-refractivity contribution in [1.82, 2.24) is 4.90 Å². The van der Waals surface area contributed by atoms with Gasteiger partial charge < -0.3 is 10.5 Å². The lowest BCUT2D eigenvalue weighted by molar-refractivity contribution is -0.384. The number of nitrogens with zero attached hydrogens (tertiary/aromatic N) is 2. The molecule has 1 aromatic carbocycles. The number of nitrogens with two attached hydrogens (primary N) is 1. The quantitative estimate of drug-likeness (QED) is 0.311. The van der Waals surface area contributed by atoms with Crippen LogP contribution in [0.4, 0.5) is 5.69 Å². The SMILES string of the molecule is CC(SC1=C(C(=O)OCc2ccc([N+](=O)[O-])cc2)N2C(=O)C[C@H]2S1)C(N)=O. The van der Waals surface area contributed by atoms with Crippen LogP contribution in [0.2, 0.25) is 0 Å². The Bertz CT molecular complexity index is 854. The van der Waals surface area contributed by atoms with E-state index in [0.717, 1.165) is 11.8 Å². The van der Waals surface area contributed by atoms with Crippen LogP contribution in [0, 0.1) is 10.1 Å². The molecule has 11 heteroatoms. The first-order valence-electron chi connectivity index (χ1n) is 7.87. The number of non-ortho nitro benzene ring substituents is 1. The second kappa shape index (κ2) is 7.61. The maximum atomic E-state index is 12.6. The van der Waals surface area contributed by atoms with Crippen LogP contribution in [0.3, 0.4) is 0 Å². The Morgan fingerprint density at radius 2 is 2.11 bits per heavy atom. The summed E-state index contributed by atoms with van der Waals surface area (Å²) in [4.78, 5) is 47.3. The first-order valence-corrected chi connectivity index (χ1v) is 9.63. The highest BCUT2D eigenvalue weighted by Crippen LogP contribution is 2.51. The molecule has 0 radical (unpaired) electrons. The fourth-order valence-electron chi connectivity index (χ4n) is 2.44. The molecule has 27 heavy (non-hydrogen) atoms. The normalized spacial score (nSPS) is 19.4. The third-order valence-corrected chi connectivity index (χ3v) is 6.61. The minimum Gasteiger partial charge on any atom is -0.456 e. The van der Waals surface area contributed by atoms with E-state index >= 15 is 0 Å². The minimum absolute atomic E-state index is 0.0619. The maximum Gasteiger partial charge on any atom is 0.357 e. The van der Waals surface area contributed by atoms with Gasteiger partial charge in [0, 0.05) is 12.1 Å². The molecule has 2 amide bonds.